The lowest BCUT2D eigenvalue weighted by Gasteiger charge is -2.29. The summed E-state index contributed by atoms with van der Waals surface area (Å²) < 4.78 is 0. The fourth-order valence-electron chi connectivity index (χ4n) is 2.88. The van der Waals surface area contributed by atoms with Crippen LogP contribution in [0, 0.1) is 0 Å². The van der Waals surface area contributed by atoms with Gasteiger partial charge in [-0.3, -0.25) is 9.59 Å². The maximum absolute atomic E-state index is 13.2. The fourth-order valence-corrected chi connectivity index (χ4v) is 3.67. The zero-order valence-electron chi connectivity index (χ0n) is 16.9. The quantitative estimate of drug-likeness (QED) is 0.427. The van der Waals surface area contributed by atoms with Gasteiger partial charge in [-0.05, 0) is 48.7 Å². The monoisotopic (exact) mass is 488 g/mol. The van der Waals surface area contributed by atoms with E-state index in [1.807, 2.05) is 6.92 Å². The smallest absolute Gasteiger partial charge is 0.242 e. The van der Waals surface area contributed by atoms with Gasteiger partial charge in [0.15, 0.2) is 0 Å². The van der Waals surface area contributed by atoms with Gasteiger partial charge in [-0.15, -0.1) is 0 Å². The Bertz CT molecular complexity index is 905. The molecular formula is C22H24Cl4N2O2. The topological polar surface area (TPSA) is 49.4 Å². The van der Waals surface area contributed by atoms with Crippen molar-refractivity contribution in [3.8, 4) is 0 Å². The van der Waals surface area contributed by atoms with E-state index in [0.29, 0.717) is 37.8 Å². The summed E-state index contributed by atoms with van der Waals surface area (Å²) in [5.41, 5.74) is 1.41. The molecule has 4 nitrogen and oxygen atoms in total. The Kier molecular flexibility index (Phi) is 9.76. The van der Waals surface area contributed by atoms with E-state index in [9.17, 15) is 9.59 Å². The van der Waals surface area contributed by atoms with Crippen molar-refractivity contribution < 1.29 is 9.59 Å². The van der Waals surface area contributed by atoms with Crippen molar-refractivity contribution in [2.75, 3.05) is 6.54 Å². The number of benzene rings is 2. The SMILES string of the molecule is CCCCNC(=O)[C@H](C)N(Cc1ccc(Cl)cc1Cl)C(=O)Cc1ccc(Cl)c(Cl)c1. The third kappa shape index (κ3) is 7.05. The van der Waals surface area contributed by atoms with E-state index >= 15 is 0 Å². The van der Waals surface area contributed by atoms with Crippen LogP contribution in [0.4, 0.5) is 0 Å². The molecule has 0 spiro atoms. The summed E-state index contributed by atoms with van der Waals surface area (Å²) >= 11 is 24.3. The van der Waals surface area contributed by atoms with Gasteiger partial charge < -0.3 is 10.2 Å². The molecule has 0 unspecified atom stereocenters. The standard InChI is InChI=1S/C22H24Cl4N2O2/c1-3-4-9-27-22(30)14(2)28(13-16-6-7-17(23)12-19(16)25)21(29)11-15-5-8-18(24)20(26)10-15/h5-8,10,12,14H,3-4,9,11,13H2,1-2H3,(H,27,30)/t14-/m0/s1. The van der Waals surface area contributed by atoms with Crippen LogP contribution in [0.2, 0.25) is 20.1 Å². The summed E-state index contributed by atoms with van der Waals surface area (Å²) in [7, 11) is 0. The number of hydrogen-bond acceptors (Lipinski definition) is 2. The van der Waals surface area contributed by atoms with E-state index in [2.05, 4.69) is 5.32 Å². The highest BCUT2D eigenvalue weighted by atomic mass is 35.5. The van der Waals surface area contributed by atoms with Crippen molar-refractivity contribution in [1.82, 2.24) is 10.2 Å². The van der Waals surface area contributed by atoms with Crippen LogP contribution in [0.3, 0.4) is 0 Å². The minimum absolute atomic E-state index is 0.0781. The summed E-state index contributed by atoms with van der Waals surface area (Å²) in [6, 6.07) is 9.44. The Balaban J connectivity index is 2.25. The van der Waals surface area contributed by atoms with Gasteiger partial charge in [0.05, 0.1) is 16.5 Å². The van der Waals surface area contributed by atoms with Crippen molar-refractivity contribution in [3.05, 3.63) is 67.6 Å². The summed E-state index contributed by atoms with van der Waals surface area (Å²) in [4.78, 5) is 27.3. The molecule has 0 radical (unpaired) electrons. The molecule has 2 aromatic carbocycles. The van der Waals surface area contributed by atoms with Crippen LogP contribution < -0.4 is 5.32 Å². The second kappa shape index (κ2) is 11.8. The van der Waals surface area contributed by atoms with E-state index in [1.54, 1.807) is 43.3 Å². The Labute approximate surface area is 197 Å². The highest BCUT2D eigenvalue weighted by molar-refractivity contribution is 6.42. The number of rotatable bonds is 9. The Morgan fingerprint density at radius 3 is 2.37 bits per heavy atom. The van der Waals surface area contributed by atoms with Gasteiger partial charge in [0, 0.05) is 23.1 Å². The molecule has 1 N–H and O–H groups in total. The molecule has 2 aromatic rings. The number of unbranched alkanes of at least 4 members (excludes halogenated alkanes) is 1. The van der Waals surface area contributed by atoms with Gasteiger partial charge in [-0.25, -0.2) is 0 Å². The minimum Gasteiger partial charge on any atom is -0.354 e. The van der Waals surface area contributed by atoms with Crippen molar-refractivity contribution in [3.63, 3.8) is 0 Å². The van der Waals surface area contributed by atoms with Crippen molar-refractivity contribution in [2.45, 2.75) is 45.7 Å². The third-order valence-electron chi connectivity index (χ3n) is 4.69. The van der Waals surface area contributed by atoms with Gasteiger partial charge in [0.2, 0.25) is 11.8 Å². The van der Waals surface area contributed by atoms with Crippen LogP contribution in [0.25, 0.3) is 0 Å². The van der Waals surface area contributed by atoms with Gasteiger partial charge in [-0.2, -0.15) is 0 Å². The first kappa shape index (κ1) is 24.8. The molecule has 162 valence electrons. The van der Waals surface area contributed by atoms with Gasteiger partial charge in [-0.1, -0.05) is 71.9 Å². The Morgan fingerprint density at radius 2 is 1.73 bits per heavy atom. The molecule has 0 heterocycles. The van der Waals surface area contributed by atoms with Crippen molar-refractivity contribution >= 4 is 58.2 Å². The normalized spacial score (nSPS) is 11.8. The van der Waals surface area contributed by atoms with E-state index in [0.717, 1.165) is 12.8 Å². The zero-order chi connectivity index (χ0) is 22.3. The van der Waals surface area contributed by atoms with Crippen molar-refractivity contribution in [1.29, 1.82) is 0 Å². The summed E-state index contributed by atoms with van der Waals surface area (Å²) in [6.07, 6.45) is 1.92. The average Bonchev–Trinajstić information content (AvgIpc) is 2.69. The first-order valence-electron chi connectivity index (χ1n) is 9.68. The number of nitrogens with one attached hydrogen (secondary N) is 1. The average molecular weight is 490 g/mol. The van der Waals surface area contributed by atoms with Crippen LogP contribution in [-0.4, -0.2) is 29.3 Å². The summed E-state index contributed by atoms with van der Waals surface area (Å²) in [5, 5.41) is 4.62. The van der Waals surface area contributed by atoms with Crippen LogP contribution in [0.1, 0.15) is 37.8 Å². The Hall–Kier alpha value is -1.46. The maximum atomic E-state index is 13.2. The molecule has 0 aromatic heterocycles. The molecule has 0 aliphatic rings. The van der Waals surface area contributed by atoms with Gasteiger partial charge in [0.25, 0.3) is 0 Å². The molecule has 0 saturated heterocycles. The van der Waals surface area contributed by atoms with Gasteiger partial charge >= 0.3 is 0 Å². The molecule has 0 bridgehead atoms. The van der Waals surface area contributed by atoms with Crippen LogP contribution in [-0.2, 0) is 22.6 Å². The number of carbonyl (C=O) groups is 2. The van der Waals surface area contributed by atoms with Crippen LogP contribution >= 0.6 is 46.4 Å². The zero-order valence-corrected chi connectivity index (χ0v) is 19.9. The maximum Gasteiger partial charge on any atom is 0.242 e. The van der Waals surface area contributed by atoms with Crippen LogP contribution in [0.15, 0.2) is 36.4 Å². The molecule has 0 aliphatic carbocycles. The number of amides is 2. The lowest BCUT2D eigenvalue weighted by molar-refractivity contribution is -0.140. The third-order valence-corrected chi connectivity index (χ3v) is 6.02. The molecule has 0 fully saturated rings. The second-order valence-electron chi connectivity index (χ2n) is 7.00. The molecule has 0 aliphatic heterocycles. The number of nitrogens with zero attached hydrogens (tertiary/aromatic N) is 1. The largest absolute Gasteiger partial charge is 0.354 e. The molecule has 30 heavy (non-hydrogen) atoms. The number of hydrogen-bond donors (Lipinski definition) is 1. The van der Waals surface area contributed by atoms with E-state index in [1.165, 1.54) is 4.90 Å². The van der Waals surface area contributed by atoms with Gasteiger partial charge in [0.1, 0.15) is 6.04 Å². The highest BCUT2D eigenvalue weighted by Gasteiger charge is 2.26. The van der Waals surface area contributed by atoms with E-state index < -0.39 is 6.04 Å². The molecule has 2 amide bonds. The molecule has 2 rings (SSSR count). The van der Waals surface area contributed by atoms with Crippen molar-refractivity contribution in [2.24, 2.45) is 0 Å². The van der Waals surface area contributed by atoms with E-state index in [-0.39, 0.29) is 24.8 Å². The first-order valence-corrected chi connectivity index (χ1v) is 11.2. The predicted molar refractivity (Wildman–Crippen MR) is 125 cm³/mol. The second-order valence-corrected chi connectivity index (χ2v) is 8.66. The summed E-state index contributed by atoms with van der Waals surface area (Å²) in [6.45, 7) is 4.50. The summed E-state index contributed by atoms with van der Waals surface area (Å²) in [5.74, 6) is -0.437. The van der Waals surface area contributed by atoms with E-state index in [4.69, 9.17) is 46.4 Å². The predicted octanol–water partition coefficient (Wildman–Crippen LogP) is 6.18. The molecule has 0 saturated carbocycles. The number of carbonyl (C=O) groups excluding carboxylic acids is 2. The lowest BCUT2D eigenvalue weighted by Crippen LogP contribution is -2.48. The van der Waals surface area contributed by atoms with Crippen LogP contribution in [0.5, 0.6) is 0 Å². The molecular weight excluding hydrogens is 466 g/mol. The highest BCUT2D eigenvalue weighted by Crippen LogP contribution is 2.25. The molecule has 8 heteroatoms. The first-order chi connectivity index (χ1) is 14.2. The lowest BCUT2D eigenvalue weighted by atomic mass is 10.1. The minimum atomic E-state index is -0.677. The molecule has 1 atom stereocenters. The Morgan fingerprint density at radius 1 is 1.00 bits per heavy atom. The fraction of sp³-hybridized carbons (Fsp3) is 0.364. The number of halogens is 4.